The number of halogens is 1. The summed E-state index contributed by atoms with van der Waals surface area (Å²) >= 11 is 7.14. The van der Waals surface area contributed by atoms with Gasteiger partial charge in [-0.1, -0.05) is 41.6 Å². The van der Waals surface area contributed by atoms with E-state index in [2.05, 4.69) is 20.8 Å². The number of amides is 2. The number of nitrogens with zero attached hydrogens (tertiary/aromatic N) is 4. The van der Waals surface area contributed by atoms with Crippen LogP contribution in [-0.2, 0) is 11.8 Å². The molecule has 2 aromatic carbocycles. The van der Waals surface area contributed by atoms with Crippen molar-refractivity contribution in [1.29, 1.82) is 0 Å². The number of aliphatic hydroxyl groups is 1. The minimum atomic E-state index is -0.850. The molecule has 2 amide bonds. The van der Waals surface area contributed by atoms with Gasteiger partial charge in [0.25, 0.3) is 11.6 Å². The van der Waals surface area contributed by atoms with Crippen LogP contribution in [0.1, 0.15) is 27.8 Å². The zero-order valence-electron chi connectivity index (χ0n) is 18.2. The fourth-order valence-electron chi connectivity index (χ4n) is 3.00. The predicted molar refractivity (Wildman–Crippen MR) is 127 cm³/mol. The lowest BCUT2D eigenvalue weighted by atomic mass is 10.2. The first-order valence-corrected chi connectivity index (χ1v) is 11.3. The lowest BCUT2D eigenvalue weighted by molar-refractivity contribution is -0.384. The van der Waals surface area contributed by atoms with Crippen molar-refractivity contribution in [2.45, 2.75) is 18.1 Å². The molecule has 0 fully saturated rings. The van der Waals surface area contributed by atoms with E-state index in [1.165, 1.54) is 12.1 Å². The fourth-order valence-corrected chi connectivity index (χ4v) is 3.94. The molecule has 0 aliphatic carbocycles. The van der Waals surface area contributed by atoms with Crippen LogP contribution in [-0.4, -0.2) is 49.0 Å². The number of carbonyl (C=O) groups is 2. The van der Waals surface area contributed by atoms with Crippen LogP contribution in [0.25, 0.3) is 0 Å². The molecular formula is C21H21ClN6O5S. The van der Waals surface area contributed by atoms with Gasteiger partial charge in [0.2, 0.25) is 5.91 Å². The van der Waals surface area contributed by atoms with Gasteiger partial charge in [-0.3, -0.25) is 19.7 Å². The Bertz CT molecular complexity index is 1230. The summed E-state index contributed by atoms with van der Waals surface area (Å²) in [5, 5.41) is 34.8. The van der Waals surface area contributed by atoms with E-state index >= 15 is 0 Å². The Morgan fingerprint density at radius 1 is 1.26 bits per heavy atom. The lowest BCUT2D eigenvalue weighted by Crippen LogP contribution is -2.32. The van der Waals surface area contributed by atoms with Gasteiger partial charge in [-0.15, -0.1) is 10.2 Å². The van der Waals surface area contributed by atoms with Gasteiger partial charge in [0.15, 0.2) is 11.0 Å². The summed E-state index contributed by atoms with van der Waals surface area (Å²) < 4.78 is 1.56. The number of anilines is 1. The SMILES string of the molecule is Cc1ccc([N+](=O)[O-])cc1NC(=O)CSc1nnc(C(CO)NC(=O)c2ccccc2Cl)n1C. The molecule has 0 saturated heterocycles. The molecule has 178 valence electrons. The third-order valence-corrected chi connectivity index (χ3v) is 6.17. The molecule has 34 heavy (non-hydrogen) atoms. The summed E-state index contributed by atoms with van der Waals surface area (Å²) in [6.45, 7) is 1.30. The molecule has 3 aromatic rings. The monoisotopic (exact) mass is 504 g/mol. The number of benzene rings is 2. The summed E-state index contributed by atoms with van der Waals surface area (Å²) in [4.78, 5) is 35.4. The standard InChI is InChI=1S/C21H21ClN6O5S/c1-12-7-8-13(28(32)33)9-16(12)23-18(30)11-34-21-26-25-19(27(21)2)17(10-29)24-20(31)14-5-3-4-6-15(14)22/h3-9,17,29H,10-11H2,1-2H3,(H,23,30)(H,24,31). The van der Waals surface area contributed by atoms with Gasteiger partial charge >= 0.3 is 0 Å². The molecule has 1 aromatic heterocycles. The van der Waals surface area contributed by atoms with E-state index in [4.69, 9.17) is 11.6 Å². The number of nitro groups is 1. The van der Waals surface area contributed by atoms with E-state index in [9.17, 15) is 24.8 Å². The Hall–Kier alpha value is -3.48. The Kier molecular flexibility index (Phi) is 8.21. The number of aryl methyl sites for hydroxylation is 1. The third-order valence-electron chi connectivity index (χ3n) is 4.83. The molecule has 11 nitrogen and oxygen atoms in total. The van der Waals surface area contributed by atoms with Crippen LogP contribution in [0.15, 0.2) is 47.6 Å². The number of hydrogen-bond acceptors (Lipinski definition) is 8. The molecule has 0 radical (unpaired) electrons. The number of non-ortho nitro benzene ring substituents is 1. The zero-order chi connectivity index (χ0) is 24.8. The molecular weight excluding hydrogens is 484 g/mol. The number of thioether (sulfide) groups is 1. The summed E-state index contributed by atoms with van der Waals surface area (Å²) in [5.41, 5.74) is 1.17. The smallest absolute Gasteiger partial charge is 0.271 e. The van der Waals surface area contributed by atoms with Crippen LogP contribution in [0.2, 0.25) is 5.02 Å². The molecule has 3 N–H and O–H groups in total. The number of aliphatic hydroxyl groups excluding tert-OH is 1. The van der Waals surface area contributed by atoms with Gasteiger partial charge in [0, 0.05) is 19.2 Å². The summed E-state index contributed by atoms with van der Waals surface area (Å²) in [6.07, 6.45) is 0. The van der Waals surface area contributed by atoms with E-state index in [0.717, 1.165) is 11.8 Å². The van der Waals surface area contributed by atoms with Crippen LogP contribution in [0, 0.1) is 17.0 Å². The zero-order valence-corrected chi connectivity index (χ0v) is 19.8. The largest absolute Gasteiger partial charge is 0.394 e. The molecule has 0 aliphatic rings. The van der Waals surface area contributed by atoms with Gasteiger partial charge in [0.1, 0.15) is 6.04 Å². The van der Waals surface area contributed by atoms with E-state index in [1.807, 2.05) is 0 Å². The number of aromatic nitrogens is 3. The minimum absolute atomic E-state index is 0.0378. The quantitative estimate of drug-likeness (QED) is 0.228. The Balaban J connectivity index is 1.65. The van der Waals surface area contributed by atoms with Crippen LogP contribution in [0.4, 0.5) is 11.4 Å². The summed E-state index contributed by atoms with van der Waals surface area (Å²) in [7, 11) is 1.64. The van der Waals surface area contributed by atoms with E-state index in [-0.39, 0.29) is 27.9 Å². The first kappa shape index (κ1) is 25.1. The highest BCUT2D eigenvalue weighted by atomic mass is 35.5. The minimum Gasteiger partial charge on any atom is -0.394 e. The molecule has 0 saturated carbocycles. The van der Waals surface area contributed by atoms with Crippen molar-refractivity contribution in [2.75, 3.05) is 17.7 Å². The van der Waals surface area contributed by atoms with Gasteiger partial charge in [0.05, 0.1) is 33.6 Å². The molecule has 0 aliphatic heterocycles. The average Bonchev–Trinajstić information content (AvgIpc) is 3.17. The van der Waals surface area contributed by atoms with Gasteiger partial charge in [-0.25, -0.2) is 0 Å². The van der Waals surface area contributed by atoms with Crippen molar-refractivity contribution >= 4 is 46.6 Å². The highest BCUT2D eigenvalue weighted by Crippen LogP contribution is 2.24. The molecule has 1 unspecified atom stereocenters. The summed E-state index contributed by atoms with van der Waals surface area (Å²) in [6, 6.07) is 9.89. The Morgan fingerprint density at radius 2 is 2.00 bits per heavy atom. The van der Waals surface area contributed by atoms with Crippen molar-refractivity contribution in [1.82, 2.24) is 20.1 Å². The molecule has 0 bridgehead atoms. The van der Waals surface area contributed by atoms with Crippen molar-refractivity contribution in [3.63, 3.8) is 0 Å². The van der Waals surface area contributed by atoms with E-state index < -0.39 is 23.5 Å². The lowest BCUT2D eigenvalue weighted by Gasteiger charge is -2.16. The molecule has 0 spiro atoms. The number of nitro benzene ring substituents is 1. The second-order valence-electron chi connectivity index (χ2n) is 7.18. The number of carbonyl (C=O) groups excluding carboxylic acids is 2. The topological polar surface area (TPSA) is 152 Å². The number of nitrogens with one attached hydrogen (secondary N) is 2. The van der Waals surface area contributed by atoms with Crippen molar-refractivity contribution in [3.05, 3.63) is 74.6 Å². The second-order valence-corrected chi connectivity index (χ2v) is 8.53. The first-order chi connectivity index (χ1) is 16.2. The first-order valence-electron chi connectivity index (χ1n) is 9.94. The van der Waals surface area contributed by atoms with E-state index in [0.29, 0.717) is 22.2 Å². The average molecular weight is 505 g/mol. The normalized spacial score (nSPS) is 11.6. The Labute approximate surface area is 203 Å². The maximum Gasteiger partial charge on any atom is 0.271 e. The number of hydrogen-bond donors (Lipinski definition) is 3. The van der Waals surface area contributed by atoms with Crippen molar-refractivity contribution in [2.24, 2.45) is 7.05 Å². The van der Waals surface area contributed by atoms with Crippen LogP contribution in [0.5, 0.6) is 0 Å². The molecule has 1 heterocycles. The molecule has 13 heteroatoms. The van der Waals surface area contributed by atoms with Gasteiger partial charge in [-0.05, 0) is 24.6 Å². The van der Waals surface area contributed by atoms with E-state index in [1.54, 1.807) is 48.9 Å². The third kappa shape index (κ3) is 5.90. The second kappa shape index (κ2) is 11.1. The maximum absolute atomic E-state index is 12.5. The maximum atomic E-state index is 12.5. The highest BCUT2D eigenvalue weighted by Gasteiger charge is 2.23. The molecule has 3 rings (SSSR count). The summed E-state index contributed by atoms with van der Waals surface area (Å²) in [5.74, 6) is -0.609. The Morgan fingerprint density at radius 3 is 2.68 bits per heavy atom. The van der Waals surface area contributed by atoms with Crippen molar-refractivity contribution in [3.8, 4) is 0 Å². The van der Waals surface area contributed by atoms with Gasteiger partial charge in [-0.2, -0.15) is 0 Å². The highest BCUT2D eigenvalue weighted by molar-refractivity contribution is 7.99. The fraction of sp³-hybridized carbons (Fsp3) is 0.238. The van der Waals surface area contributed by atoms with Crippen molar-refractivity contribution < 1.29 is 19.6 Å². The molecule has 1 atom stereocenters. The van der Waals surface area contributed by atoms with Crippen LogP contribution in [0.3, 0.4) is 0 Å². The van der Waals surface area contributed by atoms with Gasteiger partial charge < -0.3 is 20.3 Å². The van der Waals surface area contributed by atoms with Crippen LogP contribution < -0.4 is 10.6 Å². The van der Waals surface area contributed by atoms with Crippen LogP contribution >= 0.6 is 23.4 Å². The number of rotatable bonds is 9. The predicted octanol–water partition coefficient (Wildman–Crippen LogP) is 2.88.